The number of rotatable bonds is 6. The SMILES string of the molecule is Cn1c(C(F)(F)F)cc(=O)n(-c2ccc(Br)c(Oc3cccc(OCC(=O)O)n3)c2)c1=O. The highest BCUT2D eigenvalue weighted by Crippen LogP contribution is 2.31. The van der Waals surface area contributed by atoms with E-state index in [9.17, 15) is 27.6 Å². The van der Waals surface area contributed by atoms with E-state index in [-0.39, 0.29) is 23.2 Å². The van der Waals surface area contributed by atoms with Crippen molar-refractivity contribution in [2.75, 3.05) is 6.61 Å². The number of carbonyl (C=O) groups is 1. The molecule has 0 aliphatic rings. The predicted molar refractivity (Wildman–Crippen MR) is 107 cm³/mol. The molecule has 13 heteroatoms. The Kier molecular flexibility index (Phi) is 6.39. The molecular weight excluding hydrogens is 503 g/mol. The summed E-state index contributed by atoms with van der Waals surface area (Å²) in [7, 11) is 0.907. The average molecular weight is 516 g/mol. The molecule has 1 aromatic carbocycles. The summed E-state index contributed by atoms with van der Waals surface area (Å²) in [4.78, 5) is 39.4. The Bertz CT molecular complexity index is 1300. The van der Waals surface area contributed by atoms with Crippen molar-refractivity contribution >= 4 is 21.9 Å². The van der Waals surface area contributed by atoms with Gasteiger partial charge in [-0.25, -0.2) is 14.2 Å². The second kappa shape index (κ2) is 8.86. The van der Waals surface area contributed by atoms with Crippen molar-refractivity contribution in [3.05, 3.63) is 73.5 Å². The fraction of sp³-hybridized carbons (Fsp3) is 0.158. The van der Waals surface area contributed by atoms with Crippen molar-refractivity contribution in [2.45, 2.75) is 6.18 Å². The highest BCUT2D eigenvalue weighted by atomic mass is 79.9. The van der Waals surface area contributed by atoms with Gasteiger partial charge < -0.3 is 14.6 Å². The quantitative estimate of drug-likeness (QED) is 0.536. The maximum absolute atomic E-state index is 13.1. The number of hydrogen-bond acceptors (Lipinski definition) is 6. The Hall–Kier alpha value is -3.61. The van der Waals surface area contributed by atoms with Crippen LogP contribution in [0.1, 0.15) is 5.69 Å². The van der Waals surface area contributed by atoms with Crippen LogP contribution >= 0.6 is 15.9 Å². The molecule has 0 atom stereocenters. The second-order valence-corrected chi connectivity index (χ2v) is 7.11. The number of benzene rings is 1. The van der Waals surface area contributed by atoms with Gasteiger partial charge in [-0.1, -0.05) is 6.07 Å². The minimum Gasteiger partial charge on any atom is -0.479 e. The van der Waals surface area contributed by atoms with Crippen LogP contribution in [0.5, 0.6) is 17.5 Å². The van der Waals surface area contributed by atoms with E-state index in [2.05, 4.69) is 20.9 Å². The van der Waals surface area contributed by atoms with Crippen molar-refractivity contribution in [3.8, 4) is 23.2 Å². The van der Waals surface area contributed by atoms with Crippen molar-refractivity contribution in [3.63, 3.8) is 0 Å². The lowest BCUT2D eigenvalue weighted by atomic mass is 10.3. The first kappa shape index (κ1) is 23.1. The van der Waals surface area contributed by atoms with Gasteiger partial charge in [-0.2, -0.15) is 18.2 Å². The summed E-state index contributed by atoms with van der Waals surface area (Å²) in [6.07, 6.45) is -4.88. The lowest BCUT2D eigenvalue weighted by Crippen LogP contribution is -2.40. The zero-order valence-corrected chi connectivity index (χ0v) is 17.7. The van der Waals surface area contributed by atoms with Crippen LogP contribution < -0.4 is 20.7 Å². The molecule has 2 aromatic heterocycles. The number of hydrogen-bond donors (Lipinski definition) is 1. The van der Waals surface area contributed by atoms with Crippen LogP contribution in [-0.2, 0) is 18.0 Å². The number of aromatic nitrogens is 3. The fourth-order valence-electron chi connectivity index (χ4n) is 2.63. The van der Waals surface area contributed by atoms with Crippen LogP contribution in [0.15, 0.2) is 56.5 Å². The molecule has 0 radical (unpaired) electrons. The van der Waals surface area contributed by atoms with Gasteiger partial charge in [0.05, 0.1) is 10.2 Å². The third-order valence-electron chi connectivity index (χ3n) is 4.04. The number of alkyl halides is 3. The minimum atomic E-state index is -4.88. The average Bonchev–Trinajstić information content (AvgIpc) is 2.71. The van der Waals surface area contributed by atoms with Crippen molar-refractivity contribution in [2.24, 2.45) is 7.05 Å². The molecule has 1 N–H and O–H groups in total. The first-order valence-electron chi connectivity index (χ1n) is 8.67. The third-order valence-corrected chi connectivity index (χ3v) is 4.69. The van der Waals surface area contributed by atoms with Crippen molar-refractivity contribution in [1.29, 1.82) is 0 Å². The van der Waals surface area contributed by atoms with E-state index in [4.69, 9.17) is 14.6 Å². The molecule has 0 saturated carbocycles. The Morgan fingerprint density at radius 1 is 1.16 bits per heavy atom. The van der Waals surface area contributed by atoms with Crippen LogP contribution in [-0.4, -0.2) is 31.8 Å². The standard InChI is InChI=1S/C19H13BrF3N3O6/c1-25-13(19(21,22)23)8-16(27)26(18(25)30)10-5-6-11(20)12(7-10)32-15-4-2-3-14(24-15)31-9-17(28)29/h2-8H,9H2,1H3,(H,28,29). The normalized spacial score (nSPS) is 11.3. The van der Waals surface area contributed by atoms with Gasteiger partial charge in [0, 0.05) is 31.3 Å². The van der Waals surface area contributed by atoms with E-state index in [1.54, 1.807) is 0 Å². The van der Waals surface area contributed by atoms with Gasteiger partial charge >= 0.3 is 17.8 Å². The van der Waals surface area contributed by atoms with Gasteiger partial charge in [-0.15, -0.1) is 0 Å². The predicted octanol–water partition coefficient (Wildman–Crippen LogP) is 2.97. The molecule has 32 heavy (non-hydrogen) atoms. The van der Waals surface area contributed by atoms with Gasteiger partial charge in [0.25, 0.3) is 5.56 Å². The number of pyridine rings is 1. The largest absolute Gasteiger partial charge is 0.479 e. The van der Waals surface area contributed by atoms with E-state index in [0.29, 0.717) is 19.7 Å². The maximum Gasteiger partial charge on any atom is 0.431 e. The Morgan fingerprint density at radius 3 is 2.50 bits per heavy atom. The molecule has 0 bridgehead atoms. The van der Waals surface area contributed by atoms with Crippen LogP contribution in [0.2, 0.25) is 0 Å². The summed E-state index contributed by atoms with van der Waals surface area (Å²) >= 11 is 3.24. The van der Waals surface area contributed by atoms with Gasteiger partial charge in [-0.3, -0.25) is 9.36 Å². The van der Waals surface area contributed by atoms with E-state index in [1.807, 2.05) is 0 Å². The number of nitrogens with zero attached hydrogens (tertiary/aromatic N) is 3. The highest BCUT2D eigenvalue weighted by Gasteiger charge is 2.35. The molecule has 0 unspecified atom stereocenters. The Balaban J connectivity index is 2.00. The molecule has 9 nitrogen and oxygen atoms in total. The van der Waals surface area contributed by atoms with E-state index < -0.39 is 35.7 Å². The smallest absolute Gasteiger partial charge is 0.431 e. The lowest BCUT2D eigenvalue weighted by molar-refractivity contribution is -0.144. The van der Waals surface area contributed by atoms with Crippen LogP contribution in [0, 0.1) is 0 Å². The van der Waals surface area contributed by atoms with E-state index in [0.717, 1.165) is 7.05 Å². The summed E-state index contributed by atoms with van der Waals surface area (Å²) < 4.78 is 51.0. The Labute approximate surface area is 185 Å². The molecule has 3 aromatic rings. The molecule has 0 aliphatic carbocycles. The number of carboxylic acid groups (broad SMARTS) is 1. The monoisotopic (exact) mass is 515 g/mol. The van der Waals surface area contributed by atoms with Crippen LogP contribution in [0.4, 0.5) is 13.2 Å². The number of ether oxygens (including phenoxy) is 2. The number of aliphatic carboxylic acids is 1. The molecule has 168 valence electrons. The third kappa shape index (κ3) is 4.99. The maximum atomic E-state index is 13.1. The molecule has 0 amide bonds. The van der Waals surface area contributed by atoms with E-state index in [1.165, 1.54) is 36.4 Å². The summed E-state index contributed by atoms with van der Waals surface area (Å²) in [6, 6.07) is 8.70. The molecule has 0 aliphatic heterocycles. The highest BCUT2D eigenvalue weighted by molar-refractivity contribution is 9.10. The van der Waals surface area contributed by atoms with Gasteiger partial charge in [0.1, 0.15) is 11.4 Å². The molecule has 3 rings (SSSR count). The first-order valence-corrected chi connectivity index (χ1v) is 9.46. The number of carboxylic acids is 1. The van der Waals surface area contributed by atoms with Crippen LogP contribution in [0.3, 0.4) is 0 Å². The Morgan fingerprint density at radius 2 is 1.84 bits per heavy atom. The molecular formula is C19H13BrF3N3O6. The van der Waals surface area contributed by atoms with Gasteiger partial charge in [0.2, 0.25) is 11.8 Å². The lowest BCUT2D eigenvalue weighted by Gasteiger charge is -2.15. The summed E-state index contributed by atoms with van der Waals surface area (Å²) in [5.41, 5.74) is -3.78. The van der Waals surface area contributed by atoms with Crippen molar-refractivity contribution < 1.29 is 32.5 Å². The summed E-state index contributed by atoms with van der Waals surface area (Å²) in [5, 5.41) is 8.67. The number of halogens is 4. The fourth-order valence-corrected chi connectivity index (χ4v) is 2.95. The topological polar surface area (TPSA) is 113 Å². The molecule has 2 heterocycles. The summed E-state index contributed by atoms with van der Waals surface area (Å²) in [6.45, 7) is -0.615. The second-order valence-electron chi connectivity index (χ2n) is 6.26. The zero-order chi connectivity index (χ0) is 23.6. The molecule has 0 spiro atoms. The first-order chi connectivity index (χ1) is 15.0. The summed E-state index contributed by atoms with van der Waals surface area (Å²) in [5.74, 6) is -1.14. The van der Waals surface area contributed by atoms with Crippen LogP contribution in [0.25, 0.3) is 5.69 Å². The molecule has 0 saturated heterocycles. The zero-order valence-electron chi connectivity index (χ0n) is 16.1. The van der Waals surface area contributed by atoms with Crippen molar-refractivity contribution in [1.82, 2.24) is 14.1 Å². The molecule has 0 fully saturated rings. The van der Waals surface area contributed by atoms with Gasteiger partial charge in [-0.05, 0) is 28.1 Å². The minimum absolute atomic E-state index is 0.00147. The van der Waals surface area contributed by atoms with Gasteiger partial charge in [0.15, 0.2) is 6.61 Å². The van der Waals surface area contributed by atoms with E-state index >= 15 is 0 Å².